The van der Waals surface area contributed by atoms with Crippen molar-refractivity contribution < 1.29 is 17.9 Å². The highest BCUT2D eigenvalue weighted by atomic mass is 32.2. The molecule has 3 aromatic rings. The maximum absolute atomic E-state index is 12.9. The molecule has 0 radical (unpaired) electrons. The molecule has 38 heavy (non-hydrogen) atoms. The second-order valence-electron chi connectivity index (χ2n) is 9.31. The number of ether oxygens (including phenoxy) is 2. The van der Waals surface area contributed by atoms with E-state index in [1.54, 1.807) is 49.1 Å². The fourth-order valence-corrected chi connectivity index (χ4v) is 6.73. The minimum Gasteiger partial charge on any atom is -0.493 e. The van der Waals surface area contributed by atoms with Crippen LogP contribution in [0.1, 0.15) is 19.3 Å². The number of benzene rings is 2. The summed E-state index contributed by atoms with van der Waals surface area (Å²) >= 11 is 5.67. The van der Waals surface area contributed by atoms with Gasteiger partial charge in [-0.05, 0) is 55.4 Å². The second-order valence-corrected chi connectivity index (χ2v) is 11.6. The summed E-state index contributed by atoms with van der Waals surface area (Å²) in [6.07, 6.45) is 4.48. The minimum atomic E-state index is -3.45. The molecule has 1 N–H and O–H groups in total. The number of rotatable bonds is 6. The molecule has 1 aromatic heterocycles. The van der Waals surface area contributed by atoms with Gasteiger partial charge in [0.2, 0.25) is 10.0 Å². The smallest absolute Gasteiger partial charge is 0.243 e. The molecule has 0 spiro atoms. The summed E-state index contributed by atoms with van der Waals surface area (Å²) in [5, 5.41) is 4.76. The molecule has 202 valence electrons. The van der Waals surface area contributed by atoms with Crippen LogP contribution >= 0.6 is 12.2 Å². The zero-order chi connectivity index (χ0) is 26.7. The van der Waals surface area contributed by atoms with E-state index in [0.717, 1.165) is 54.8 Å². The number of piperazine rings is 1. The number of fused-ring (bicyclic) bond motifs is 1. The molecular weight excluding hydrogens is 524 g/mol. The standard InChI is InChI=1S/C26H32N6O4S2/c1-35-23-16-21-22(17-24(23)36-2)27-18-28-25(21)30-12-14-31(15-13-30)26(37)29-19-6-8-20(9-7-19)38(33,34)32-10-4-3-5-11-32/h6-9,16-18H,3-5,10-15H2,1-2H3,(H,29,37). The molecule has 0 bridgehead atoms. The van der Waals surface area contributed by atoms with Crippen LogP contribution in [0.3, 0.4) is 0 Å². The summed E-state index contributed by atoms with van der Waals surface area (Å²) < 4.78 is 38.3. The lowest BCUT2D eigenvalue weighted by Crippen LogP contribution is -2.50. The Kier molecular flexibility index (Phi) is 7.82. The van der Waals surface area contributed by atoms with Crippen LogP contribution in [0.2, 0.25) is 0 Å². The third-order valence-corrected chi connectivity index (χ3v) is 9.32. The lowest BCUT2D eigenvalue weighted by molar-refractivity contribution is 0.346. The van der Waals surface area contributed by atoms with E-state index in [1.807, 2.05) is 12.1 Å². The molecule has 2 fully saturated rings. The van der Waals surface area contributed by atoms with Crippen molar-refractivity contribution in [3.8, 4) is 11.5 Å². The van der Waals surface area contributed by atoms with Gasteiger partial charge < -0.3 is 24.6 Å². The van der Waals surface area contributed by atoms with Crippen molar-refractivity contribution >= 4 is 49.8 Å². The lowest BCUT2D eigenvalue weighted by atomic mass is 10.2. The molecule has 2 aliphatic heterocycles. The average Bonchev–Trinajstić information content (AvgIpc) is 2.97. The van der Waals surface area contributed by atoms with Crippen LogP contribution in [0.5, 0.6) is 11.5 Å². The van der Waals surface area contributed by atoms with Crippen LogP contribution in [0.4, 0.5) is 11.5 Å². The zero-order valence-electron chi connectivity index (χ0n) is 21.6. The van der Waals surface area contributed by atoms with Crippen molar-refractivity contribution in [3.05, 3.63) is 42.7 Å². The molecule has 2 aliphatic rings. The number of hydrogen-bond acceptors (Lipinski definition) is 8. The predicted molar refractivity (Wildman–Crippen MR) is 152 cm³/mol. The average molecular weight is 557 g/mol. The van der Waals surface area contributed by atoms with E-state index in [2.05, 4.69) is 25.1 Å². The van der Waals surface area contributed by atoms with E-state index >= 15 is 0 Å². The quantitative estimate of drug-likeness (QED) is 0.455. The van der Waals surface area contributed by atoms with E-state index in [4.69, 9.17) is 21.7 Å². The van der Waals surface area contributed by atoms with Gasteiger partial charge in [-0.15, -0.1) is 0 Å². The molecule has 5 rings (SSSR count). The number of methoxy groups -OCH3 is 2. The monoisotopic (exact) mass is 556 g/mol. The van der Waals surface area contributed by atoms with E-state index in [-0.39, 0.29) is 0 Å². The second kappa shape index (κ2) is 11.3. The fraction of sp³-hybridized carbons (Fsp3) is 0.423. The minimum absolute atomic E-state index is 0.316. The van der Waals surface area contributed by atoms with Gasteiger partial charge in [0.25, 0.3) is 0 Å². The van der Waals surface area contributed by atoms with Gasteiger partial charge in [-0.25, -0.2) is 18.4 Å². The molecule has 0 aliphatic carbocycles. The van der Waals surface area contributed by atoms with Crippen LogP contribution in [-0.4, -0.2) is 86.2 Å². The molecule has 10 nitrogen and oxygen atoms in total. The first-order chi connectivity index (χ1) is 18.4. The van der Waals surface area contributed by atoms with Crippen molar-refractivity contribution in [1.82, 2.24) is 19.2 Å². The molecular formula is C26H32N6O4S2. The highest BCUT2D eigenvalue weighted by molar-refractivity contribution is 7.89. The molecule has 2 aromatic carbocycles. The molecule has 0 unspecified atom stereocenters. The first-order valence-corrected chi connectivity index (χ1v) is 14.5. The van der Waals surface area contributed by atoms with Crippen molar-refractivity contribution in [2.24, 2.45) is 0 Å². The summed E-state index contributed by atoms with van der Waals surface area (Å²) in [5.74, 6) is 2.11. The molecule has 0 saturated carbocycles. The number of piperidine rings is 1. The fourth-order valence-electron chi connectivity index (χ4n) is 4.91. The van der Waals surface area contributed by atoms with E-state index in [0.29, 0.717) is 47.7 Å². The number of thiocarbonyl (C=S) groups is 1. The summed E-state index contributed by atoms with van der Waals surface area (Å²) in [4.78, 5) is 13.6. The SMILES string of the molecule is COc1cc2ncnc(N3CCN(C(=S)Nc4ccc(S(=O)(=O)N5CCCCC5)cc4)CC3)c2cc1OC. The Labute approximate surface area is 228 Å². The van der Waals surface area contributed by atoms with Gasteiger partial charge in [0.05, 0.1) is 24.6 Å². The van der Waals surface area contributed by atoms with Gasteiger partial charge in [-0.2, -0.15) is 4.31 Å². The number of nitrogens with one attached hydrogen (secondary N) is 1. The normalized spacial score (nSPS) is 16.9. The third-order valence-electron chi connectivity index (χ3n) is 7.04. The topological polar surface area (TPSA) is 100 Å². The Morgan fingerprint density at radius 3 is 2.21 bits per heavy atom. The van der Waals surface area contributed by atoms with Crippen molar-refractivity contribution in [2.75, 3.05) is 63.7 Å². The van der Waals surface area contributed by atoms with Crippen LogP contribution in [0.15, 0.2) is 47.6 Å². The number of aromatic nitrogens is 2. The Morgan fingerprint density at radius 1 is 0.895 bits per heavy atom. The Morgan fingerprint density at radius 2 is 1.55 bits per heavy atom. The van der Waals surface area contributed by atoms with Gasteiger partial charge in [0.1, 0.15) is 12.1 Å². The lowest BCUT2D eigenvalue weighted by Gasteiger charge is -2.37. The van der Waals surface area contributed by atoms with Gasteiger partial charge in [-0.1, -0.05) is 6.42 Å². The Hall–Kier alpha value is -3.22. The van der Waals surface area contributed by atoms with Crippen LogP contribution in [-0.2, 0) is 10.0 Å². The van der Waals surface area contributed by atoms with Gasteiger partial charge in [0, 0.05) is 56.4 Å². The van der Waals surface area contributed by atoms with E-state index < -0.39 is 10.0 Å². The third kappa shape index (κ3) is 5.33. The van der Waals surface area contributed by atoms with Crippen LogP contribution in [0.25, 0.3) is 10.9 Å². The number of anilines is 2. The number of hydrogen-bond donors (Lipinski definition) is 1. The van der Waals surface area contributed by atoms with Gasteiger partial charge in [-0.3, -0.25) is 0 Å². The summed E-state index contributed by atoms with van der Waals surface area (Å²) in [6, 6.07) is 10.6. The van der Waals surface area contributed by atoms with Crippen molar-refractivity contribution in [3.63, 3.8) is 0 Å². The summed E-state index contributed by atoms with van der Waals surface area (Å²) in [5.41, 5.74) is 1.55. The molecule has 0 amide bonds. The molecule has 3 heterocycles. The highest BCUT2D eigenvalue weighted by Crippen LogP contribution is 2.35. The number of sulfonamides is 1. The first kappa shape index (κ1) is 26.4. The van der Waals surface area contributed by atoms with Crippen molar-refractivity contribution in [1.29, 1.82) is 0 Å². The van der Waals surface area contributed by atoms with Gasteiger partial charge >= 0.3 is 0 Å². The predicted octanol–water partition coefficient (Wildman–Crippen LogP) is 3.34. The van der Waals surface area contributed by atoms with Crippen LogP contribution in [0, 0.1) is 0 Å². The van der Waals surface area contributed by atoms with Gasteiger partial charge in [0.15, 0.2) is 16.6 Å². The maximum Gasteiger partial charge on any atom is 0.243 e. The highest BCUT2D eigenvalue weighted by Gasteiger charge is 2.26. The van der Waals surface area contributed by atoms with Crippen molar-refractivity contribution in [2.45, 2.75) is 24.2 Å². The summed E-state index contributed by atoms with van der Waals surface area (Å²) in [7, 11) is -0.236. The Bertz CT molecular complexity index is 1400. The molecule has 2 saturated heterocycles. The Balaban J connectivity index is 1.22. The maximum atomic E-state index is 12.9. The van der Waals surface area contributed by atoms with E-state index in [9.17, 15) is 8.42 Å². The van der Waals surface area contributed by atoms with E-state index in [1.165, 1.54) is 0 Å². The first-order valence-electron chi connectivity index (χ1n) is 12.7. The zero-order valence-corrected chi connectivity index (χ0v) is 23.2. The molecule has 12 heteroatoms. The van der Waals surface area contributed by atoms with Crippen LogP contribution < -0.4 is 19.7 Å². The summed E-state index contributed by atoms with van der Waals surface area (Å²) in [6.45, 7) is 4.07. The number of nitrogens with zero attached hydrogens (tertiary/aromatic N) is 5. The molecule has 0 atom stereocenters. The largest absolute Gasteiger partial charge is 0.493 e.